The van der Waals surface area contributed by atoms with Crippen LogP contribution in [-0.2, 0) is 43.4 Å². The number of ether oxygens (including phenoxy) is 2. The Bertz CT molecular complexity index is 1430. The van der Waals surface area contributed by atoms with Gasteiger partial charge in [-0.1, -0.05) is 51.1 Å². The van der Waals surface area contributed by atoms with Gasteiger partial charge < -0.3 is 14.8 Å². The van der Waals surface area contributed by atoms with Gasteiger partial charge >= 0.3 is 11.9 Å². The van der Waals surface area contributed by atoms with Crippen molar-refractivity contribution in [3.63, 3.8) is 0 Å². The number of carbonyl (C=O) groups is 3. The molecule has 10 atom stereocenters. The first-order valence-corrected chi connectivity index (χ1v) is 19.6. The van der Waals surface area contributed by atoms with Gasteiger partial charge in [0, 0.05) is 64.3 Å². The van der Waals surface area contributed by atoms with Crippen molar-refractivity contribution in [2.24, 2.45) is 46.3 Å². The van der Waals surface area contributed by atoms with Gasteiger partial charge in [0.1, 0.15) is 12.2 Å². The molecule has 2 spiro atoms. The molecule has 6 aliphatic rings. The van der Waals surface area contributed by atoms with E-state index in [4.69, 9.17) is 29.0 Å². The fourth-order valence-electron chi connectivity index (χ4n) is 12.2. The first kappa shape index (κ1) is 36.8. The maximum Gasteiger partial charge on any atom is 0.302 e. The fourth-order valence-corrected chi connectivity index (χ4v) is 12.2. The predicted molar refractivity (Wildman–Crippen MR) is 187 cm³/mol. The second-order valence-corrected chi connectivity index (χ2v) is 17.5. The minimum Gasteiger partial charge on any atom is -0.462 e. The van der Waals surface area contributed by atoms with Crippen LogP contribution in [0.3, 0.4) is 0 Å². The summed E-state index contributed by atoms with van der Waals surface area (Å²) in [7, 11) is 1.68. The molecule has 1 aliphatic heterocycles. The molecule has 5 saturated carbocycles. The van der Waals surface area contributed by atoms with Gasteiger partial charge in [-0.25, -0.2) is 0 Å². The standard InChI is InChI=1S/C41H59NO9/c1-25(12-15-36(45)42-6)31-13-14-32-37-33(23-35(39(31,32)5)47-27(3)44)38(4)20-21-41(24-30(38)22-34(37)46-26(2)43)50-48-40(49-51-41)18-16-29(17-19-40)28-10-8-7-9-11-28/h7-11,25,29-35,37H,12-24H2,1-6H3,(H,42,45)/t25?,29?,30-,31-,32?,33?,34?,35+,37?,38+,39-,40?,41?/m1/s1. The molecule has 0 radical (unpaired) electrons. The molecule has 51 heavy (non-hydrogen) atoms. The van der Waals surface area contributed by atoms with Crippen LogP contribution in [0.1, 0.15) is 130 Å². The van der Waals surface area contributed by atoms with Crippen LogP contribution in [0.4, 0.5) is 0 Å². The lowest BCUT2D eigenvalue weighted by molar-refractivity contribution is -0.665. The minimum absolute atomic E-state index is 0.0466. The third kappa shape index (κ3) is 6.65. The highest BCUT2D eigenvalue weighted by Crippen LogP contribution is 2.70. The zero-order valence-electron chi connectivity index (χ0n) is 31.4. The van der Waals surface area contributed by atoms with Crippen molar-refractivity contribution in [3.8, 4) is 0 Å². The second kappa shape index (κ2) is 14.0. The van der Waals surface area contributed by atoms with E-state index in [2.05, 4.69) is 50.4 Å². The van der Waals surface area contributed by atoms with Crippen LogP contribution in [0.2, 0.25) is 0 Å². The van der Waals surface area contributed by atoms with Crippen LogP contribution in [0, 0.1) is 46.3 Å². The van der Waals surface area contributed by atoms with Crippen molar-refractivity contribution in [2.75, 3.05) is 7.05 Å². The maximum atomic E-state index is 12.7. The lowest BCUT2D eigenvalue weighted by Gasteiger charge is -2.65. The van der Waals surface area contributed by atoms with Crippen molar-refractivity contribution in [1.29, 1.82) is 0 Å². The molecule has 0 bridgehead atoms. The van der Waals surface area contributed by atoms with E-state index in [9.17, 15) is 14.4 Å². The average molecular weight is 710 g/mol. The molecular formula is C41H59NO9. The highest BCUT2D eigenvalue weighted by molar-refractivity contribution is 5.75. The molecule has 5 unspecified atom stereocenters. The molecule has 1 aromatic carbocycles. The number of nitrogens with one attached hydrogen (secondary N) is 1. The zero-order valence-corrected chi connectivity index (χ0v) is 31.4. The van der Waals surface area contributed by atoms with E-state index in [1.807, 2.05) is 6.07 Å². The van der Waals surface area contributed by atoms with Gasteiger partial charge in [-0.05, 0) is 97.9 Å². The normalized spacial score (nSPS) is 43.7. The van der Waals surface area contributed by atoms with Crippen LogP contribution in [-0.4, -0.2) is 48.7 Å². The van der Waals surface area contributed by atoms with Gasteiger partial charge in [0.2, 0.25) is 17.5 Å². The summed E-state index contributed by atoms with van der Waals surface area (Å²) in [4.78, 5) is 62.6. The molecule has 1 saturated heterocycles. The van der Waals surface area contributed by atoms with Crippen molar-refractivity contribution in [1.82, 2.24) is 5.32 Å². The molecule has 10 heteroatoms. The van der Waals surface area contributed by atoms with Crippen LogP contribution < -0.4 is 5.32 Å². The van der Waals surface area contributed by atoms with Crippen molar-refractivity contribution >= 4 is 17.8 Å². The number of amides is 1. The Kier molecular flexibility index (Phi) is 10.1. The monoisotopic (exact) mass is 709 g/mol. The number of hydrogen-bond acceptors (Lipinski definition) is 9. The number of hydrogen-bond donors (Lipinski definition) is 1. The summed E-state index contributed by atoms with van der Waals surface area (Å²) >= 11 is 0. The van der Waals surface area contributed by atoms with Gasteiger partial charge in [0.25, 0.3) is 0 Å². The number of benzene rings is 1. The Balaban J connectivity index is 1.10. The minimum atomic E-state index is -1.03. The van der Waals surface area contributed by atoms with Crippen molar-refractivity contribution in [3.05, 3.63) is 35.9 Å². The summed E-state index contributed by atoms with van der Waals surface area (Å²) < 4.78 is 12.6. The average Bonchev–Trinajstić information content (AvgIpc) is 3.48. The summed E-state index contributed by atoms with van der Waals surface area (Å²) in [5.74, 6) is -0.772. The summed E-state index contributed by atoms with van der Waals surface area (Å²) in [5, 5.41) is 2.76. The molecule has 6 fully saturated rings. The lowest BCUT2D eigenvalue weighted by Crippen LogP contribution is -2.65. The molecule has 282 valence electrons. The van der Waals surface area contributed by atoms with E-state index in [0.717, 1.165) is 38.5 Å². The van der Waals surface area contributed by atoms with Crippen molar-refractivity contribution in [2.45, 2.75) is 148 Å². The van der Waals surface area contributed by atoms with Gasteiger partial charge in [0.15, 0.2) is 0 Å². The highest BCUT2D eigenvalue weighted by atomic mass is 17.4. The Morgan fingerprint density at radius 1 is 0.843 bits per heavy atom. The fraction of sp³-hybridized carbons (Fsp3) is 0.780. The smallest absolute Gasteiger partial charge is 0.302 e. The van der Waals surface area contributed by atoms with E-state index in [0.29, 0.717) is 50.9 Å². The number of rotatable bonds is 7. The molecule has 5 aliphatic carbocycles. The molecule has 0 aromatic heterocycles. The molecule has 10 nitrogen and oxygen atoms in total. The summed E-state index contributed by atoms with van der Waals surface area (Å²) in [6.45, 7) is 9.96. The van der Waals surface area contributed by atoms with Crippen LogP contribution in [0.25, 0.3) is 0 Å². The third-order valence-electron chi connectivity index (χ3n) is 14.9. The SMILES string of the molecule is CNC(=O)CCC(C)[C@H]1CCC2C3C(OC(C)=O)C[C@@H]4CC5(CC[C@]4(C)C3C[C@H](OC(C)=O)[C@@]21C)OOC1(CCC(c2ccccc2)CC1)OO5. The predicted octanol–water partition coefficient (Wildman–Crippen LogP) is 7.55. The summed E-state index contributed by atoms with van der Waals surface area (Å²) in [6.07, 6.45) is 9.34. The van der Waals surface area contributed by atoms with Gasteiger partial charge in [-0.15, -0.1) is 0 Å². The van der Waals surface area contributed by atoms with Gasteiger partial charge in [-0.3, -0.25) is 14.4 Å². The largest absolute Gasteiger partial charge is 0.462 e. The Morgan fingerprint density at radius 2 is 1.51 bits per heavy atom. The quantitative estimate of drug-likeness (QED) is 0.226. The van der Waals surface area contributed by atoms with E-state index in [1.54, 1.807) is 7.05 Å². The Labute approximate surface area is 303 Å². The highest BCUT2D eigenvalue weighted by Gasteiger charge is 2.69. The molecule has 7 rings (SSSR count). The topological polar surface area (TPSA) is 119 Å². The molecule has 1 amide bonds. The Hall–Kier alpha value is -2.53. The molecule has 1 aromatic rings. The van der Waals surface area contributed by atoms with Crippen LogP contribution in [0.15, 0.2) is 30.3 Å². The van der Waals surface area contributed by atoms with E-state index in [1.165, 1.54) is 19.4 Å². The van der Waals surface area contributed by atoms with E-state index in [-0.39, 0.29) is 76.4 Å². The lowest BCUT2D eigenvalue weighted by atomic mass is 9.42. The third-order valence-corrected chi connectivity index (χ3v) is 14.9. The second-order valence-electron chi connectivity index (χ2n) is 17.5. The van der Waals surface area contributed by atoms with E-state index >= 15 is 0 Å². The first-order valence-electron chi connectivity index (χ1n) is 19.6. The van der Waals surface area contributed by atoms with Crippen molar-refractivity contribution < 1.29 is 43.4 Å². The summed E-state index contributed by atoms with van der Waals surface area (Å²) in [6, 6.07) is 10.6. The maximum absolute atomic E-state index is 12.7. The summed E-state index contributed by atoms with van der Waals surface area (Å²) in [5.41, 5.74) is 0.927. The van der Waals surface area contributed by atoms with Crippen LogP contribution in [0.5, 0.6) is 0 Å². The molecule has 1 heterocycles. The Morgan fingerprint density at radius 3 is 2.16 bits per heavy atom. The zero-order chi connectivity index (χ0) is 36.2. The van der Waals surface area contributed by atoms with Gasteiger partial charge in [0.05, 0.1) is 0 Å². The van der Waals surface area contributed by atoms with Gasteiger partial charge in [-0.2, -0.15) is 19.6 Å². The first-order chi connectivity index (χ1) is 24.3. The number of esters is 2. The number of carbonyl (C=O) groups excluding carboxylic acids is 3. The van der Waals surface area contributed by atoms with E-state index < -0.39 is 11.6 Å². The molecule has 1 N–H and O–H groups in total. The van der Waals surface area contributed by atoms with Crippen LogP contribution >= 0.6 is 0 Å². The molecular weight excluding hydrogens is 650 g/mol. The number of fused-ring (bicyclic) bond motifs is 5.